The molecule has 1 amide bonds. The fraction of sp³-hybridized carbons (Fsp3) is 0.471. The van der Waals surface area contributed by atoms with Crippen LogP contribution < -0.4 is 15.5 Å². The average molecular weight is 425 g/mol. The first-order valence-corrected chi connectivity index (χ1v) is 9.12. The van der Waals surface area contributed by atoms with Crippen molar-refractivity contribution in [2.45, 2.75) is 19.2 Å². The van der Waals surface area contributed by atoms with Crippen molar-refractivity contribution in [1.29, 1.82) is 0 Å². The second kappa shape index (κ2) is 7.55. The molecule has 0 spiro atoms. The Hall–Kier alpha value is -3.22. The van der Waals surface area contributed by atoms with E-state index >= 15 is 0 Å². The molecule has 1 unspecified atom stereocenters. The van der Waals surface area contributed by atoms with Gasteiger partial charge in [-0.05, 0) is 6.92 Å². The lowest BCUT2D eigenvalue weighted by atomic mass is 10.1. The first-order chi connectivity index (χ1) is 14.2. The minimum atomic E-state index is -4.78. The van der Waals surface area contributed by atoms with Crippen molar-refractivity contribution in [3.8, 4) is 11.3 Å². The lowest BCUT2D eigenvalue weighted by molar-refractivity contribution is -0.140. The van der Waals surface area contributed by atoms with Gasteiger partial charge in [-0.2, -0.15) is 18.2 Å². The van der Waals surface area contributed by atoms with Gasteiger partial charge in [0.1, 0.15) is 11.9 Å². The van der Waals surface area contributed by atoms with E-state index in [0.29, 0.717) is 26.3 Å². The van der Waals surface area contributed by atoms with Gasteiger partial charge in [0.25, 0.3) is 0 Å². The number of amides is 1. The monoisotopic (exact) mass is 425 g/mol. The molecule has 4 heterocycles. The van der Waals surface area contributed by atoms with E-state index in [4.69, 9.17) is 15.2 Å². The number of carbonyl (C=O) groups excluding carboxylic acids is 1. The molecule has 0 aromatic carbocycles. The molecule has 2 fully saturated rings. The average Bonchev–Trinajstić information content (AvgIpc) is 3.05. The van der Waals surface area contributed by atoms with Gasteiger partial charge in [-0.15, -0.1) is 0 Å². The fourth-order valence-corrected chi connectivity index (χ4v) is 3.19. The van der Waals surface area contributed by atoms with E-state index in [1.807, 2.05) is 0 Å². The number of cyclic esters (lactones) is 1. The largest absolute Gasteiger partial charge is 0.444 e. The summed E-state index contributed by atoms with van der Waals surface area (Å²) in [5.41, 5.74) is 3.70. The van der Waals surface area contributed by atoms with Crippen molar-refractivity contribution >= 4 is 23.8 Å². The highest BCUT2D eigenvalue weighted by Gasteiger charge is 2.38. The number of hydrogen-bond acceptors (Lipinski definition) is 9. The maximum Gasteiger partial charge on any atom is 0.434 e. The van der Waals surface area contributed by atoms with Crippen LogP contribution in [0.25, 0.3) is 11.3 Å². The molecule has 2 aromatic heterocycles. The van der Waals surface area contributed by atoms with E-state index in [0.717, 1.165) is 6.20 Å². The number of halogens is 3. The third kappa shape index (κ3) is 3.92. The summed E-state index contributed by atoms with van der Waals surface area (Å²) in [6.07, 6.45) is -4.83. The molecular formula is C17H18F3N7O3. The Balaban J connectivity index is 1.85. The van der Waals surface area contributed by atoms with Crippen LogP contribution in [0.4, 0.5) is 35.7 Å². The summed E-state index contributed by atoms with van der Waals surface area (Å²) in [7, 11) is 0. The van der Waals surface area contributed by atoms with Crippen molar-refractivity contribution in [3.05, 3.63) is 18.0 Å². The van der Waals surface area contributed by atoms with Crippen LogP contribution in [-0.4, -0.2) is 65.0 Å². The number of anilines is 3. The second-order valence-electron chi connectivity index (χ2n) is 6.80. The molecule has 2 N–H and O–H groups in total. The Morgan fingerprint density at radius 3 is 2.57 bits per heavy atom. The predicted octanol–water partition coefficient (Wildman–Crippen LogP) is 1.72. The van der Waals surface area contributed by atoms with Gasteiger partial charge in [-0.25, -0.2) is 19.7 Å². The Morgan fingerprint density at radius 1 is 1.20 bits per heavy atom. The van der Waals surface area contributed by atoms with E-state index in [1.165, 1.54) is 11.0 Å². The van der Waals surface area contributed by atoms with Crippen LogP contribution >= 0.6 is 0 Å². The molecule has 30 heavy (non-hydrogen) atoms. The molecule has 4 rings (SSSR count). The molecular weight excluding hydrogens is 407 g/mol. The number of nitrogens with zero attached hydrogens (tertiary/aromatic N) is 6. The summed E-state index contributed by atoms with van der Waals surface area (Å²) in [6, 6.07) is 1.29. The molecule has 10 nitrogen and oxygen atoms in total. The smallest absolute Gasteiger partial charge is 0.434 e. The number of carbonyl (C=O) groups is 1. The molecule has 0 saturated carbocycles. The van der Waals surface area contributed by atoms with Crippen LogP contribution in [0.1, 0.15) is 12.6 Å². The molecule has 0 radical (unpaired) electrons. The summed E-state index contributed by atoms with van der Waals surface area (Å²) in [4.78, 5) is 31.0. The van der Waals surface area contributed by atoms with E-state index in [9.17, 15) is 18.0 Å². The zero-order chi connectivity index (χ0) is 21.5. The van der Waals surface area contributed by atoms with Crippen molar-refractivity contribution in [3.63, 3.8) is 0 Å². The van der Waals surface area contributed by atoms with Gasteiger partial charge in [0.15, 0.2) is 5.69 Å². The number of alkyl halides is 3. The zero-order valence-electron chi connectivity index (χ0n) is 15.9. The SMILES string of the molecule is CC1CN(c2cc(-c3cnc(N)nc3C(F)(F)F)nc(N3CCOCC3)n2)C(=O)O1. The summed E-state index contributed by atoms with van der Waals surface area (Å²) in [6.45, 7) is 3.66. The predicted molar refractivity (Wildman–Crippen MR) is 98.8 cm³/mol. The number of rotatable bonds is 3. The van der Waals surface area contributed by atoms with Gasteiger partial charge in [0.05, 0.1) is 25.5 Å². The van der Waals surface area contributed by atoms with E-state index in [-0.39, 0.29) is 35.7 Å². The van der Waals surface area contributed by atoms with Crippen LogP contribution in [0.2, 0.25) is 0 Å². The summed E-state index contributed by atoms with van der Waals surface area (Å²) in [5.74, 6) is -0.213. The quantitative estimate of drug-likeness (QED) is 0.784. The summed E-state index contributed by atoms with van der Waals surface area (Å²) in [5, 5.41) is 0. The van der Waals surface area contributed by atoms with Crippen LogP contribution in [0, 0.1) is 0 Å². The highest BCUT2D eigenvalue weighted by Crippen LogP contribution is 2.36. The Bertz CT molecular complexity index is 966. The molecule has 1 atom stereocenters. The van der Waals surface area contributed by atoms with Gasteiger partial charge >= 0.3 is 12.3 Å². The standard InChI is InChI=1S/C17H18F3N7O3/c1-9-8-27(16(28)30-9)12-6-11(23-15(24-12)26-2-4-29-5-3-26)10-7-22-14(21)25-13(10)17(18,19)20/h6-7,9H,2-5,8H2,1H3,(H2,21,22,25). The fourth-order valence-electron chi connectivity index (χ4n) is 3.19. The first-order valence-electron chi connectivity index (χ1n) is 9.12. The molecule has 13 heteroatoms. The third-order valence-corrected chi connectivity index (χ3v) is 4.59. The molecule has 160 valence electrons. The Labute approximate surface area is 168 Å². The molecule has 0 bridgehead atoms. The van der Waals surface area contributed by atoms with E-state index < -0.39 is 23.9 Å². The molecule has 2 saturated heterocycles. The van der Waals surface area contributed by atoms with Crippen molar-refractivity contribution in [2.75, 3.05) is 48.4 Å². The topological polar surface area (TPSA) is 120 Å². The lowest BCUT2D eigenvalue weighted by Crippen LogP contribution is -2.38. The van der Waals surface area contributed by atoms with Crippen LogP contribution in [0.15, 0.2) is 12.3 Å². The number of morpholine rings is 1. The molecule has 2 aromatic rings. The van der Waals surface area contributed by atoms with Gasteiger partial charge in [-0.1, -0.05) is 0 Å². The number of nitrogens with two attached hydrogens (primary N) is 1. The van der Waals surface area contributed by atoms with E-state index in [1.54, 1.807) is 11.8 Å². The molecule has 2 aliphatic rings. The second-order valence-corrected chi connectivity index (χ2v) is 6.80. The lowest BCUT2D eigenvalue weighted by Gasteiger charge is -2.28. The normalized spacial score (nSPS) is 19.9. The number of nitrogen functional groups attached to an aromatic ring is 1. The maximum atomic E-state index is 13.6. The van der Waals surface area contributed by atoms with Crippen molar-refractivity contribution < 1.29 is 27.4 Å². The first kappa shape index (κ1) is 20.1. The number of hydrogen-bond donors (Lipinski definition) is 1. The minimum absolute atomic E-state index is 0.0823. The summed E-state index contributed by atoms with van der Waals surface area (Å²) >= 11 is 0. The molecule has 0 aliphatic carbocycles. The highest BCUT2D eigenvalue weighted by molar-refractivity contribution is 5.89. The van der Waals surface area contributed by atoms with Crippen LogP contribution in [-0.2, 0) is 15.7 Å². The highest BCUT2D eigenvalue weighted by atomic mass is 19.4. The molecule has 2 aliphatic heterocycles. The third-order valence-electron chi connectivity index (χ3n) is 4.59. The van der Waals surface area contributed by atoms with Gasteiger partial charge in [-0.3, -0.25) is 4.90 Å². The van der Waals surface area contributed by atoms with Gasteiger partial charge in [0.2, 0.25) is 11.9 Å². The van der Waals surface area contributed by atoms with E-state index in [2.05, 4.69) is 19.9 Å². The maximum absolute atomic E-state index is 13.6. The number of ether oxygens (including phenoxy) is 2. The Kier molecular flexibility index (Phi) is 5.05. The van der Waals surface area contributed by atoms with Crippen molar-refractivity contribution in [1.82, 2.24) is 19.9 Å². The van der Waals surface area contributed by atoms with Crippen LogP contribution in [0.3, 0.4) is 0 Å². The van der Waals surface area contributed by atoms with Gasteiger partial charge in [0, 0.05) is 30.9 Å². The van der Waals surface area contributed by atoms with Crippen molar-refractivity contribution in [2.24, 2.45) is 0 Å². The zero-order valence-corrected chi connectivity index (χ0v) is 15.9. The van der Waals surface area contributed by atoms with Gasteiger partial charge < -0.3 is 20.1 Å². The Morgan fingerprint density at radius 2 is 1.93 bits per heavy atom. The minimum Gasteiger partial charge on any atom is -0.444 e. The van der Waals surface area contributed by atoms with Crippen LogP contribution in [0.5, 0.6) is 0 Å². The summed E-state index contributed by atoms with van der Waals surface area (Å²) < 4.78 is 51.2. The number of aromatic nitrogens is 4.